The van der Waals surface area contributed by atoms with E-state index < -0.39 is 12.1 Å². The van der Waals surface area contributed by atoms with Crippen molar-refractivity contribution < 1.29 is 15.0 Å². The summed E-state index contributed by atoms with van der Waals surface area (Å²) in [6.07, 6.45) is 0.692. The number of aliphatic hydroxyl groups is 1. The van der Waals surface area contributed by atoms with Crippen LogP contribution in [0.3, 0.4) is 0 Å². The molecule has 3 heterocycles. The van der Waals surface area contributed by atoms with E-state index in [0.29, 0.717) is 24.5 Å². The number of aromatic nitrogens is 2. The van der Waals surface area contributed by atoms with Gasteiger partial charge in [-0.2, -0.15) is 0 Å². The second kappa shape index (κ2) is 4.47. The molecule has 0 fully saturated rings. The van der Waals surface area contributed by atoms with E-state index in [-0.39, 0.29) is 5.69 Å². The van der Waals surface area contributed by atoms with E-state index >= 15 is 0 Å². The zero-order valence-electron chi connectivity index (χ0n) is 10.5. The molecule has 0 radical (unpaired) electrons. The number of aliphatic hydroxyl groups excluding tert-OH is 1. The molecule has 2 N–H and O–H groups in total. The van der Waals surface area contributed by atoms with Gasteiger partial charge in [0.05, 0.1) is 16.7 Å². The summed E-state index contributed by atoms with van der Waals surface area (Å²) < 4.78 is 1.85. The van der Waals surface area contributed by atoms with Gasteiger partial charge in [0.15, 0.2) is 11.5 Å². The first-order valence-corrected chi connectivity index (χ1v) is 6.98. The second-order valence-electron chi connectivity index (χ2n) is 4.69. The molecule has 1 aliphatic heterocycles. The predicted octanol–water partition coefficient (Wildman–Crippen LogP) is 2.45. The number of carboxylic acid groups (broad SMARTS) is 1. The Morgan fingerprint density at radius 2 is 2.32 bits per heavy atom. The van der Waals surface area contributed by atoms with Crippen LogP contribution in [-0.4, -0.2) is 25.7 Å². The van der Waals surface area contributed by atoms with Crippen molar-refractivity contribution in [2.75, 3.05) is 0 Å². The third-order valence-corrected chi connectivity index (χ3v) is 4.34. The quantitative estimate of drug-likeness (QED) is 0.884. The van der Waals surface area contributed by atoms with Crippen LogP contribution in [0.2, 0.25) is 0 Å². The minimum atomic E-state index is -1.08. The molecule has 0 saturated heterocycles. The molecule has 0 aromatic carbocycles. The van der Waals surface area contributed by atoms with Crippen LogP contribution in [0.5, 0.6) is 0 Å². The third kappa shape index (κ3) is 1.97. The molecule has 6 heteroatoms. The number of aromatic carboxylic acids is 1. The van der Waals surface area contributed by atoms with Crippen LogP contribution in [0, 0.1) is 6.92 Å². The molecular weight excluding hydrogens is 264 g/mol. The summed E-state index contributed by atoms with van der Waals surface area (Å²) in [7, 11) is 0. The lowest BCUT2D eigenvalue weighted by molar-refractivity contribution is 0.0677. The molecular formula is C13H14N2O3S. The molecule has 1 aliphatic rings. The zero-order chi connectivity index (χ0) is 13.6. The molecule has 0 amide bonds. The van der Waals surface area contributed by atoms with Gasteiger partial charge in [-0.05, 0) is 31.9 Å². The van der Waals surface area contributed by atoms with Crippen LogP contribution in [-0.2, 0) is 6.54 Å². The number of nitrogens with zero attached hydrogens (tertiary/aromatic N) is 2. The van der Waals surface area contributed by atoms with Crippen LogP contribution in [0.1, 0.15) is 40.0 Å². The van der Waals surface area contributed by atoms with E-state index in [4.69, 9.17) is 0 Å². The molecule has 0 bridgehead atoms. The van der Waals surface area contributed by atoms with Gasteiger partial charge in [-0.3, -0.25) is 0 Å². The summed E-state index contributed by atoms with van der Waals surface area (Å²) in [6, 6.07) is 3.93. The average molecular weight is 278 g/mol. The van der Waals surface area contributed by atoms with Gasteiger partial charge in [-0.1, -0.05) is 0 Å². The first kappa shape index (κ1) is 12.4. The molecule has 1 atom stereocenters. The summed E-state index contributed by atoms with van der Waals surface area (Å²) in [5, 5.41) is 19.3. The highest BCUT2D eigenvalue weighted by molar-refractivity contribution is 7.15. The minimum absolute atomic E-state index is 0.0201. The van der Waals surface area contributed by atoms with Crippen molar-refractivity contribution in [3.8, 4) is 10.7 Å². The molecule has 2 aromatic rings. The Hall–Kier alpha value is -1.66. The maximum absolute atomic E-state index is 11.3. The Morgan fingerprint density at radius 1 is 1.53 bits per heavy atom. The maximum atomic E-state index is 11.3. The number of carbonyl (C=O) groups is 1. The lowest BCUT2D eigenvalue weighted by Gasteiger charge is -2.21. The largest absolute Gasteiger partial charge is 0.476 e. The fourth-order valence-electron chi connectivity index (χ4n) is 2.51. The zero-order valence-corrected chi connectivity index (χ0v) is 11.3. The third-order valence-electron chi connectivity index (χ3n) is 3.35. The lowest BCUT2D eigenvalue weighted by atomic mass is 10.1. The lowest BCUT2D eigenvalue weighted by Crippen LogP contribution is -2.18. The monoisotopic (exact) mass is 278 g/mol. The number of rotatable bonds is 2. The number of carboxylic acids is 1. The Bertz CT molecular complexity index is 644. The standard InChI is InChI=1S/C13H14N2O3S/c1-7-4-5-9(19-7)12-14-10(13(17)18)11-8(16)3-2-6-15(11)12/h4-5,8,16H,2-3,6H2,1H3,(H,17,18). The van der Waals surface area contributed by atoms with E-state index in [2.05, 4.69) is 4.98 Å². The summed E-state index contributed by atoms with van der Waals surface area (Å²) in [4.78, 5) is 17.6. The fourth-order valence-corrected chi connectivity index (χ4v) is 3.38. The molecule has 19 heavy (non-hydrogen) atoms. The van der Waals surface area contributed by atoms with Gasteiger partial charge in [-0.25, -0.2) is 9.78 Å². The maximum Gasteiger partial charge on any atom is 0.356 e. The Kier molecular flexibility index (Phi) is 2.91. The number of hydrogen-bond donors (Lipinski definition) is 2. The normalized spacial score (nSPS) is 18.3. The van der Waals surface area contributed by atoms with E-state index in [0.717, 1.165) is 16.2 Å². The summed E-state index contributed by atoms with van der Waals surface area (Å²) in [5.74, 6) is -0.423. The highest BCUT2D eigenvalue weighted by Crippen LogP contribution is 2.35. The van der Waals surface area contributed by atoms with Gasteiger partial charge in [0.1, 0.15) is 0 Å². The highest BCUT2D eigenvalue weighted by atomic mass is 32.1. The molecule has 1 unspecified atom stereocenters. The van der Waals surface area contributed by atoms with E-state index in [9.17, 15) is 15.0 Å². The van der Waals surface area contributed by atoms with Crippen LogP contribution < -0.4 is 0 Å². The molecule has 5 nitrogen and oxygen atoms in total. The van der Waals surface area contributed by atoms with Gasteiger partial charge in [0, 0.05) is 11.4 Å². The molecule has 0 spiro atoms. The van der Waals surface area contributed by atoms with E-state index in [1.54, 1.807) is 11.3 Å². The molecule has 100 valence electrons. The smallest absolute Gasteiger partial charge is 0.356 e. The van der Waals surface area contributed by atoms with Gasteiger partial charge in [0.2, 0.25) is 0 Å². The first-order chi connectivity index (χ1) is 9.08. The second-order valence-corrected chi connectivity index (χ2v) is 5.98. The molecule has 0 saturated carbocycles. The number of fused-ring (bicyclic) bond motifs is 1. The van der Waals surface area contributed by atoms with Gasteiger partial charge < -0.3 is 14.8 Å². The van der Waals surface area contributed by atoms with Crippen LogP contribution in [0.25, 0.3) is 10.7 Å². The minimum Gasteiger partial charge on any atom is -0.476 e. The number of imidazole rings is 1. The summed E-state index contributed by atoms with van der Waals surface area (Å²) >= 11 is 1.58. The van der Waals surface area contributed by atoms with Crippen LogP contribution >= 0.6 is 11.3 Å². The number of thiophene rings is 1. The van der Waals surface area contributed by atoms with Crippen molar-refractivity contribution in [3.63, 3.8) is 0 Å². The summed E-state index contributed by atoms with van der Waals surface area (Å²) in [6.45, 7) is 2.71. The van der Waals surface area contributed by atoms with Crippen molar-refractivity contribution in [1.82, 2.24) is 9.55 Å². The Morgan fingerprint density at radius 3 is 2.95 bits per heavy atom. The van der Waals surface area contributed by atoms with Crippen molar-refractivity contribution in [2.45, 2.75) is 32.4 Å². The molecule has 0 aliphatic carbocycles. The average Bonchev–Trinajstić information content (AvgIpc) is 2.93. The first-order valence-electron chi connectivity index (χ1n) is 6.16. The Labute approximate surface area is 114 Å². The predicted molar refractivity (Wildman–Crippen MR) is 71.4 cm³/mol. The molecule has 2 aromatic heterocycles. The number of aryl methyl sites for hydroxylation is 1. The van der Waals surface area contributed by atoms with Crippen molar-refractivity contribution in [1.29, 1.82) is 0 Å². The molecule has 3 rings (SSSR count). The Balaban J connectivity index is 2.21. The highest BCUT2D eigenvalue weighted by Gasteiger charge is 2.30. The van der Waals surface area contributed by atoms with Crippen molar-refractivity contribution in [3.05, 3.63) is 28.4 Å². The van der Waals surface area contributed by atoms with Crippen LogP contribution in [0.15, 0.2) is 12.1 Å². The van der Waals surface area contributed by atoms with Crippen LogP contribution in [0.4, 0.5) is 0 Å². The SMILES string of the molecule is Cc1ccc(-c2nc(C(=O)O)c3n2CCCC3O)s1. The summed E-state index contributed by atoms with van der Waals surface area (Å²) in [5.41, 5.74) is 0.424. The van der Waals surface area contributed by atoms with Gasteiger partial charge in [0.25, 0.3) is 0 Å². The van der Waals surface area contributed by atoms with Crippen molar-refractivity contribution >= 4 is 17.3 Å². The van der Waals surface area contributed by atoms with E-state index in [1.807, 2.05) is 23.6 Å². The van der Waals surface area contributed by atoms with E-state index in [1.165, 1.54) is 0 Å². The van der Waals surface area contributed by atoms with Gasteiger partial charge in [-0.15, -0.1) is 11.3 Å². The van der Waals surface area contributed by atoms with Crippen molar-refractivity contribution in [2.24, 2.45) is 0 Å². The fraction of sp³-hybridized carbons (Fsp3) is 0.385. The number of hydrogen-bond acceptors (Lipinski definition) is 4. The van der Waals surface area contributed by atoms with Gasteiger partial charge >= 0.3 is 5.97 Å². The topological polar surface area (TPSA) is 75.3 Å².